The van der Waals surface area contributed by atoms with Crippen LogP contribution in [-0.4, -0.2) is 12.6 Å². The van der Waals surface area contributed by atoms with Crippen LogP contribution in [-0.2, 0) is 19.3 Å². The van der Waals surface area contributed by atoms with E-state index in [2.05, 4.69) is 68.6 Å². The first-order valence-corrected chi connectivity index (χ1v) is 11.3. The highest BCUT2D eigenvalue weighted by atomic mass is 14.9. The van der Waals surface area contributed by atoms with Crippen molar-refractivity contribution in [2.45, 2.75) is 77.7 Å². The molecule has 0 saturated carbocycles. The lowest BCUT2D eigenvalue weighted by Crippen LogP contribution is -2.35. The van der Waals surface area contributed by atoms with Crippen LogP contribution in [0.1, 0.15) is 80.2 Å². The van der Waals surface area contributed by atoms with E-state index in [4.69, 9.17) is 0 Å². The molecule has 4 rings (SSSR count). The number of piperidine rings is 1. The van der Waals surface area contributed by atoms with Crippen LogP contribution in [0, 0.1) is 0 Å². The summed E-state index contributed by atoms with van der Waals surface area (Å²) < 4.78 is 0. The van der Waals surface area contributed by atoms with E-state index in [1.165, 1.54) is 48.9 Å². The van der Waals surface area contributed by atoms with Crippen molar-refractivity contribution >= 4 is 5.57 Å². The molecule has 2 aromatic carbocycles. The SMILES string of the molecule is CCc1cc2c(cc1CC)C(CC1CCCCN1)C(C)=C2Cc1ccccc1. The first kappa shape index (κ1) is 19.5. The molecule has 1 N–H and O–H groups in total. The zero-order chi connectivity index (χ0) is 19.5. The van der Waals surface area contributed by atoms with Gasteiger partial charge in [-0.15, -0.1) is 0 Å². The second-order valence-electron chi connectivity index (χ2n) is 8.67. The molecule has 1 heterocycles. The quantitative estimate of drug-likeness (QED) is 0.613. The van der Waals surface area contributed by atoms with E-state index in [0.29, 0.717) is 12.0 Å². The minimum Gasteiger partial charge on any atom is -0.314 e. The number of fused-ring (bicyclic) bond motifs is 1. The molecular weight excluding hydrogens is 338 g/mol. The van der Waals surface area contributed by atoms with Crippen molar-refractivity contribution in [2.24, 2.45) is 0 Å². The predicted octanol–water partition coefficient (Wildman–Crippen LogP) is 6.46. The highest BCUT2D eigenvalue weighted by Gasteiger charge is 2.31. The van der Waals surface area contributed by atoms with Crippen LogP contribution < -0.4 is 5.32 Å². The van der Waals surface area contributed by atoms with Gasteiger partial charge in [-0.2, -0.15) is 0 Å². The van der Waals surface area contributed by atoms with Crippen LogP contribution in [0.25, 0.3) is 5.57 Å². The van der Waals surface area contributed by atoms with E-state index in [0.717, 1.165) is 19.3 Å². The Hall–Kier alpha value is -1.86. The average molecular weight is 374 g/mol. The van der Waals surface area contributed by atoms with Crippen molar-refractivity contribution in [1.82, 2.24) is 5.32 Å². The second-order valence-corrected chi connectivity index (χ2v) is 8.67. The van der Waals surface area contributed by atoms with Crippen LogP contribution >= 0.6 is 0 Å². The smallest absolute Gasteiger partial charge is 0.00759 e. The number of rotatable bonds is 6. The Labute approximate surface area is 171 Å². The standard InChI is InChI=1S/C27H35N/c1-4-21-16-26-24(15-20-11-7-6-8-12-20)19(3)25(27(26)17-22(21)5-2)18-23-13-9-10-14-28-23/h6-8,11-12,16-17,23,25,28H,4-5,9-10,13-15,18H2,1-3H3. The Morgan fingerprint density at radius 3 is 2.39 bits per heavy atom. The van der Waals surface area contributed by atoms with Gasteiger partial charge in [0.1, 0.15) is 0 Å². The normalized spacial score (nSPS) is 21.8. The summed E-state index contributed by atoms with van der Waals surface area (Å²) in [5, 5.41) is 3.79. The monoisotopic (exact) mass is 373 g/mol. The maximum atomic E-state index is 3.79. The molecule has 2 aliphatic rings. The van der Waals surface area contributed by atoms with Gasteiger partial charge in [0.15, 0.2) is 0 Å². The lowest BCUT2D eigenvalue weighted by atomic mass is 9.85. The number of benzene rings is 2. The van der Waals surface area contributed by atoms with Gasteiger partial charge < -0.3 is 5.32 Å². The van der Waals surface area contributed by atoms with Crippen LogP contribution in [0.3, 0.4) is 0 Å². The molecule has 0 aromatic heterocycles. The molecule has 0 amide bonds. The fourth-order valence-corrected chi connectivity index (χ4v) is 5.32. The summed E-state index contributed by atoms with van der Waals surface area (Å²) in [5.41, 5.74) is 10.9. The highest BCUT2D eigenvalue weighted by molar-refractivity contribution is 5.80. The van der Waals surface area contributed by atoms with Gasteiger partial charge in [0, 0.05) is 12.0 Å². The molecule has 0 spiro atoms. The largest absolute Gasteiger partial charge is 0.314 e. The van der Waals surface area contributed by atoms with E-state index in [-0.39, 0.29) is 0 Å². The van der Waals surface area contributed by atoms with Gasteiger partial charge >= 0.3 is 0 Å². The highest BCUT2D eigenvalue weighted by Crippen LogP contribution is 2.47. The maximum absolute atomic E-state index is 3.79. The van der Waals surface area contributed by atoms with E-state index < -0.39 is 0 Å². The molecule has 2 aromatic rings. The van der Waals surface area contributed by atoms with Crippen molar-refractivity contribution in [2.75, 3.05) is 6.54 Å². The summed E-state index contributed by atoms with van der Waals surface area (Å²) >= 11 is 0. The van der Waals surface area contributed by atoms with Crippen LogP contribution in [0.2, 0.25) is 0 Å². The molecule has 1 aliphatic carbocycles. The minimum atomic E-state index is 0.584. The molecule has 0 bridgehead atoms. The first-order valence-electron chi connectivity index (χ1n) is 11.3. The lowest BCUT2D eigenvalue weighted by Gasteiger charge is -2.27. The molecule has 0 radical (unpaired) electrons. The van der Waals surface area contributed by atoms with Crippen molar-refractivity contribution in [3.8, 4) is 0 Å². The molecule has 1 heteroatoms. The zero-order valence-electron chi connectivity index (χ0n) is 17.9. The molecule has 1 fully saturated rings. The summed E-state index contributed by atoms with van der Waals surface area (Å²) in [7, 11) is 0. The number of allylic oxidation sites excluding steroid dienone is 2. The Morgan fingerprint density at radius 1 is 0.964 bits per heavy atom. The van der Waals surface area contributed by atoms with Crippen molar-refractivity contribution in [1.29, 1.82) is 0 Å². The molecular formula is C27H35N. The van der Waals surface area contributed by atoms with Crippen LogP contribution in [0.5, 0.6) is 0 Å². The van der Waals surface area contributed by atoms with Crippen LogP contribution in [0.4, 0.5) is 0 Å². The topological polar surface area (TPSA) is 12.0 Å². The van der Waals surface area contributed by atoms with E-state index in [1.54, 1.807) is 22.3 Å². The van der Waals surface area contributed by atoms with E-state index in [1.807, 2.05) is 0 Å². The third kappa shape index (κ3) is 3.82. The number of aryl methyl sites for hydroxylation is 2. The van der Waals surface area contributed by atoms with Gasteiger partial charge in [0.05, 0.1) is 0 Å². The fraction of sp³-hybridized carbons (Fsp3) is 0.481. The lowest BCUT2D eigenvalue weighted by molar-refractivity contribution is 0.371. The Morgan fingerprint density at radius 2 is 1.71 bits per heavy atom. The zero-order valence-corrected chi connectivity index (χ0v) is 17.9. The Bertz CT molecular complexity index is 840. The van der Waals surface area contributed by atoms with Crippen molar-refractivity contribution in [3.05, 3.63) is 75.9 Å². The van der Waals surface area contributed by atoms with Gasteiger partial charge in [-0.3, -0.25) is 0 Å². The Kier molecular flexibility index (Phi) is 6.01. The predicted molar refractivity (Wildman–Crippen MR) is 121 cm³/mol. The van der Waals surface area contributed by atoms with Gasteiger partial charge in [0.25, 0.3) is 0 Å². The molecule has 2 unspecified atom stereocenters. The molecule has 1 saturated heterocycles. The summed E-state index contributed by atoms with van der Waals surface area (Å²) in [6, 6.07) is 16.8. The van der Waals surface area contributed by atoms with Crippen molar-refractivity contribution in [3.63, 3.8) is 0 Å². The second kappa shape index (κ2) is 8.66. The van der Waals surface area contributed by atoms with E-state index >= 15 is 0 Å². The molecule has 1 nitrogen and oxygen atoms in total. The van der Waals surface area contributed by atoms with Gasteiger partial charge in [-0.05, 0) is 85.4 Å². The van der Waals surface area contributed by atoms with Gasteiger partial charge in [-0.25, -0.2) is 0 Å². The summed E-state index contributed by atoms with van der Waals surface area (Å²) in [6.07, 6.45) is 8.63. The fourth-order valence-electron chi connectivity index (χ4n) is 5.32. The van der Waals surface area contributed by atoms with Crippen LogP contribution in [0.15, 0.2) is 48.0 Å². The average Bonchev–Trinajstić information content (AvgIpc) is 2.99. The summed E-state index contributed by atoms with van der Waals surface area (Å²) in [5.74, 6) is 0.584. The number of hydrogen-bond donors (Lipinski definition) is 1. The first-order chi connectivity index (χ1) is 13.7. The Balaban J connectivity index is 1.73. The minimum absolute atomic E-state index is 0.584. The number of nitrogens with one attached hydrogen (secondary N) is 1. The number of hydrogen-bond acceptors (Lipinski definition) is 1. The van der Waals surface area contributed by atoms with Gasteiger partial charge in [-0.1, -0.05) is 68.3 Å². The molecule has 1 aliphatic heterocycles. The maximum Gasteiger partial charge on any atom is 0.00759 e. The van der Waals surface area contributed by atoms with E-state index in [9.17, 15) is 0 Å². The third-order valence-electron chi connectivity index (χ3n) is 6.99. The molecule has 2 atom stereocenters. The molecule has 28 heavy (non-hydrogen) atoms. The molecule has 148 valence electrons. The van der Waals surface area contributed by atoms with Crippen molar-refractivity contribution < 1.29 is 0 Å². The third-order valence-corrected chi connectivity index (χ3v) is 6.99. The summed E-state index contributed by atoms with van der Waals surface area (Å²) in [4.78, 5) is 0. The van der Waals surface area contributed by atoms with Gasteiger partial charge in [0.2, 0.25) is 0 Å². The summed E-state index contributed by atoms with van der Waals surface area (Å²) in [6.45, 7) is 8.20.